The first-order valence-electron chi connectivity index (χ1n) is 8.37. The van der Waals surface area contributed by atoms with Crippen molar-refractivity contribution >= 4 is 15.8 Å². The third-order valence-corrected chi connectivity index (χ3v) is 6.27. The van der Waals surface area contributed by atoms with Gasteiger partial charge >= 0.3 is 0 Å². The van der Waals surface area contributed by atoms with Crippen LogP contribution in [0.25, 0.3) is 5.82 Å². The van der Waals surface area contributed by atoms with Gasteiger partial charge in [-0.05, 0) is 24.3 Å². The average Bonchev–Trinajstić information content (AvgIpc) is 3.23. The number of sulfonamides is 1. The lowest BCUT2D eigenvalue weighted by atomic mass is 10.3. The maximum absolute atomic E-state index is 13.4. The molecule has 0 spiro atoms. The molecule has 140 valence electrons. The van der Waals surface area contributed by atoms with Gasteiger partial charge < -0.3 is 4.90 Å². The Kier molecular flexibility index (Phi) is 4.58. The standard InChI is InChI=1S/C17H17FN6O2S/c18-14-3-1-4-15(11-14)27(25,26)23-9-7-22(8-10-23)16-12-17(20-13-19-16)24-6-2-5-21-24/h1-6,11-13H,7-10H2. The number of benzene rings is 1. The molecule has 1 aliphatic rings. The number of halogens is 1. The monoisotopic (exact) mass is 388 g/mol. The van der Waals surface area contributed by atoms with Gasteiger partial charge in [0, 0.05) is 44.6 Å². The molecule has 3 heterocycles. The average molecular weight is 388 g/mol. The molecule has 0 amide bonds. The van der Waals surface area contributed by atoms with Crippen LogP contribution in [0.15, 0.2) is 60.0 Å². The van der Waals surface area contributed by atoms with Crippen molar-refractivity contribution in [1.82, 2.24) is 24.1 Å². The molecule has 4 rings (SSSR count). The highest BCUT2D eigenvalue weighted by Gasteiger charge is 2.29. The second kappa shape index (κ2) is 7.05. The predicted octanol–water partition coefficient (Wildman–Crippen LogP) is 1.31. The Balaban J connectivity index is 1.49. The summed E-state index contributed by atoms with van der Waals surface area (Å²) in [6, 6.07) is 8.69. The van der Waals surface area contributed by atoms with E-state index in [2.05, 4.69) is 15.1 Å². The molecule has 0 atom stereocenters. The minimum absolute atomic E-state index is 0.0287. The first kappa shape index (κ1) is 17.6. The highest BCUT2D eigenvalue weighted by Crippen LogP contribution is 2.21. The molecule has 3 aromatic rings. The van der Waals surface area contributed by atoms with Crippen LogP contribution < -0.4 is 4.90 Å². The van der Waals surface area contributed by atoms with E-state index in [0.29, 0.717) is 37.8 Å². The molecule has 8 nitrogen and oxygen atoms in total. The second-order valence-corrected chi connectivity index (χ2v) is 7.97. The van der Waals surface area contributed by atoms with Crippen LogP contribution in [-0.2, 0) is 10.0 Å². The summed E-state index contributed by atoms with van der Waals surface area (Å²) in [5.41, 5.74) is 0. The number of piperazine rings is 1. The van der Waals surface area contributed by atoms with E-state index in [1.807, 2.05) is 11.0 Å². The second-order valence-electron chi connectivity index (χ2n) is 6.03. The summed E-state index contributed by atoms with van der Waals surface area (Å²) in [6.07, 6.45) is 4.91. The normalized spacial score (nSPS) is 15.8. The molecule has 2 aromatic heterocycles. The highest BCUT2D eigenvalue weighted by atomic mass is 32.2. The van der Waals surface area contributed by atoms with E-state index < -0.39 is 15.8 Å². The molecule has 0 unspecified atom stereocenters. The Labute approximate surface area is 155 Å². The van der Waals surface area contributed by atoms with E-state index in [-0.39, 0.29) is 4.90 Å². The molecule has 0 bridgehead atoms. The van der Waals surface area contributed by atoms with Gasteiger partial charge in [-0.1, -0.05) is 6.07 Å². The van der Waals surface area contributed by atoms with Crippen molar-refractivity contribution in [2.24, 2.45) is 0 Å². The number of hydrogen-bond donors (Lipinski definition) is 0. The van der Waals surface area contributed by atoms with Crippen molar-refractivity contribution in [3.63, 3.8) is 0 Å². The third kappa shape index (κ3) is 3.53. The Morgan fingerprint density at radius 2 is 1.74 bits per heavy atom. The van der Waals surface area contributed by atoms with Crippen molar-refractivity contribution in [3.8, 4) is 5.82 Å². The lowest BCUT2D eigenvalue weighted by Crippen LogP contribution is -2.49. The Hall–Kier alpha value is -2.85. The molecular formula is C17H17FN6O2S. The van der Waals surface area contributed by atoms with Crippen molar-refractivity contribution in [2.45, 2.75) is 4.90 Å². The van der Waals surface area contributed by atoms with Gasteiger partial charge in [0.2, 0.25) is 10.0 Å². The van der Waals surface area contributed by atoms with E-state index in [9.17, 15) is 12.8 Å². The van der Waals surface area contributed by atoms with E-state index in [0.717, 1.165) is 6.07 Å². The van der Waals surface area contributed by atoms with E-state index in [1.54, 1.807) is 23.1 Å². The Bertz CT molecular complexity index is 1030. The zero-order valence-corrected chi connectivity index (χ0v) is 15.1. The van der Waals surface area contributed by atoms with Crippen molar-refractivity contribution in [2.75, 3.05) is 31.1 Å². The minimum atomic E-state index is -3.71. The van der Waals surface area contributed by atoms with Crippen LogP contribution in [0.4, 0.5) is 10.2 Å². The van der Waals surface area contributed by atoms with E-state index in [1.165, 1.54) is 28.8 Å². The van der Waals surface area contributed by atoms with Crippen LogP contribution >= 0.6 is 0 Å². The summed E-state index contributed by atoms with van der Waals surface area (Å²) >= 11 is 0. The molecule has 27 heavy (non-hydrogen) atoms. The number of rotatable bonds is 4. The quantitative estimate of drug-likeness (QED) is 0.670. The molecule has 1 fully saturated rings. The first-order chi connectivity index (χ1) is 13.0. The molecule has 1 aliphatic heterocycles. The molecule has 10 heteroatoms. The number of anilines is 1. The van der Waals surface area contributed by atoms with Gasteiger partial charge in [0.25, 0.3) is 0 Å². The topological polar surface area (TPSA) is 84.2 Å². The summed E-state index contributed by atoms with van der Waals surface area (Å²) in [6.45, 7) is 1.54. The molecule has 0 N–H and O–H groups in total. The van der Waals surface area contributed by atoms with Crippen LogP contribution in [0.3, 0.4) is 0 Å². The zero-order chi connectivity index (χ0) is 18.9. The van der Waals surface area contributed by atoms with Gasteiger partial charge in [-0.25, -0.2) is 27.5 Å². The van der Waals surface area contributed by atoms with Gasteiger partial charge in [0.05, 0.1) is 4.90 Å². The SMILES string of the molecule is O=S(=O)(c1cccc(F)c1)N1CCN(c2cc(-n3cccn3)ncn2)CC1. The Morgan fingerprint density at radius 3 is 2.44 bits per heavy atom. The fraction of sp³-hybridized carbons (Fsp3) is 0.235. The molecule has 1 saturated heterocycles. The van der Waals surface area contributed by atoms with Gasteiger partial charge in [0.1, 0.15) is 18.0 Å². The van der Waals surface area contributed by atoms with E-state index in [4.69, 9.17) is 0 Å². The summed E-state index contributed by atoms with van der Waals surface area (Å²) in [4.78, 5) is 10.4. The summed E-state index contributed by atoms with van der Waals surface area (Å²) in [5, 5.41) is 4.15. The maximum atomic E-state index is 13.4. The smallest absolute Gasteiger partial charge is 0.243 e. The summed E-state index contributed by atoms with van der Waals surface area (Å²) in [7, 11) is -3.71. The van der Waals surface area contributed by atoms with Gasteiger partial charge in [-0.15, -0.1) is 0 Å². The van der Waals surface area contributed by atoms with Crippen LogP contribution in [0.2, 0.25) is 0 Å². The van der Waals surface area contributed by atoms with Crippen LogP contribution in [0, 0.1) is 5.82 Å². The molecule has 1 aromatic carbocycles. The number of aromatic nitrogens is 4. The lowest BCUT2D eigenvalue weighted by Gasteiger charge is -2.34. The maximum Gasteiger partial charge on any atom is 0.243 e. The lowest BCUT2D eigenvalue weighted by molar-refractivity contribution is 0.383. The molecule has 0 saturated carbocycles. The van der Waals surface area contributed by atoms with Gasteiger partial charge in [-0.2, -0.15) is 9.40 Å². The van der Waals surface area contributed by atoms with Crippen LogP contribution in [0.1, 0.15) is 0 Å². The zero-order valence-electron chi connectivity index (χ0n) is 14.3. The fourth-order valence-corrected chi connectivity index (χ4v) is 4.43. The summed E-state index contributed by atoms with van der Waals surface area (Å²) < 4.78 is 41.8. The van der Waals surface area contributed by atoms with Crippen LogP contribution in [-0.4, -0.2) is 58.7 Å². The predicted molar refractivity (Wildman–Crippen MR) is 96.5 cm³/mol. The van der Waals surface area contributed by atoms with E-state index >= 15 is 0 Å². The highest BCUT2D eigenvalue weighted by molar-refractivity contribution is 7.89. The largest absolute Gasteiger partial charge is 0.354 e. The molecule has 0 aliphatic carbocycles. The third-order valence-electron chi connectivity index (χ3n) is 4.37. The minimum Gasteiger partial charge on any atom is -0.354 e. The summed E-state index contributed by atoms with van der Waals surface area (Å²) in [5.74, 6) is 0.778. The first-order valence-corrected chi connectivity index (χ1v) is 9.81. The van der Waals surface area contributed by atoms with Crippen LogP contribution in [0.5, 0.6) is 0 Å². The Morgan fingerprint density at radius 1 is 0.963 bits per heavy atom. The molecular weight excluding hydrogens is 371 g/mol. The van der Waals surface area contributed by atoms with Gasteiger partial charge in [0.15, 0.2) is 5.82 Å². The van der Waals surface area contributed by atoms with Crippen molar-refractivity contribution < 1.29 is 12.8 Å². The number of hydrogen-bond acceptors (Lipinski definition) is 6. The van der Waals surface area contributed by atoms with Crippen molar-refractivity contribution in [3.05, 3.63) is 60.9 Å². The van der Waals surface area contributed by atoms with Crippen molar-refractivity contribution in [1.29, 1.82) is 0 Å². The van der Waals surface area contributed by atoms with Gasteiger partial charge in [-0.3, -0.25) is 0 Å². The molecule has 0 radical (unpaired) electrons. The fourth-order valence-electron chi connectivity index (χ4n) is 2.97. The number of nitrogens with zero attached hydrogens (tertiary/aromatic N) is 6.